The second kappa shape index (κ2) is 6.04. The monoisotopic (exact) mass is 433 g/mol. The Morgan fingerprint density at radius 1 is 1.53 bits per heavy atom. The van der Waals surface area contributed by atoms with Crippen LogP contribution in [0.3, 0.4) is 0 Å². The fourth-order valence-electron chi connectivity index (χ4n) is 1.77. The molecule has 0 aliphatic heterocycles. The van der Waals surface area contributed by atoms with Gasteiger partial charge in [-0.05, 0) is 47.2 Å². The summed E-state index contributed by atoms with van der Waals surface area (Å²) in [5.74, 6) is -0.124. The predicted molar refractivity (Wildman–Crippen MR) is 87.4 cm³/mol. The SMILES string of the molecule is CCc1nn(C)cc1C(=O)Nc1cc(Br)ccc1I. The first-order valence-electron chi connectivity index (χ1n) is 5.80. The normalized spacial score (nSPS) is 10.5. The zero-order valence-electron chi connectivity index (χ0n) is 10.6. The van der Waals surface area contributed by atoms with Gasteiger partial charge < -0.3 is 5.32 Å². The molecule has 19 heavy (non-hydrogen) atoms. The second-order valence-electron chi connectivity index (χ2n) is 4.09. The van der Waals surface area contributed by atoms with Gasteiger partial charge >= 0.3 is 0 Å². The van der Waals surface area contributed by atoms with E-state index in [0.717, 1.165) is 25.8 Å². The Hall–Kier alpha value is -0.890. The van der Waals surface area contributed by atoms with Crippen molar-refractivity contribution in [2.75, 3.05) is 5.32 Å². The first-order chi connectivity index (χ1) is 9.01. The Morgan fingerprint density at radius 3 is 2.95 bits per heavy atom. The first kappa shape index (κ1) is 14.5. The summed E-state index contributed by atoms with van der Waals surface area (Å²) in [7, 11) is 1.82. The van der Waals surface area contributed by atoms with Gasteiger partial charge in [0.05, 0.1) is 16.9 Å². The molecule has 1 amide bonds. The summed E-state index contributed by atoms with van der Waals surface area (Å²) in [6.45, 7) is 1.99. The highest BCUT2D eigenvalue weighted by molar-refractivity contribution is 14.1. The van der Waals surface area contributed by atoms with Gasteiger partial charge in [-0.1, -0.05) is 22.9 Å². The van der Waals surface area contributed by atoms with E-state index >= 15 is 0 Å². The molecule has 0 aliphatic carbocycles. The molecule has 100 valence electrons. The van der Waals surface area contributed by atoms with Crippen molar-refractivity contribution >= 4 is 50.1 Å². The lowest BCUT2D eigenvalue weighted by Crippen LogP contribution is -2.14. The minimum absolute atomic E-state index is 0.124. The van der Waals surface area contributed by atoms with Crippen molar-refractivity contribution in [2.24, 2.45) is 7.05 Å². The highest BCUT2D eigenvalue weighted by Gasteiger charge is 2.15. The molecule has 0 bridgehead atoms. The number of rotatable bonds is 3. The highest BCUT2D eigenvalue weighted by atomic mass is 127. The standard InChI is InChI=1S/C13H13BrIN3O/c1-3-11-9(7-18(2)17-11)13(19)16-12-6-8(14)4-5-10(12)15/h4-7H,3H2,1-2H3,(H,16,19). The third-order valence-corrected chi connectivity index (χ3v) is 4.10. The van der Waals surface area contributed by atoms with Gasteiger partial charge in [0.2, 0.25) is 0 Å². The summed E-state index contributed by atoms with van der Waals surface area (Å²) in [5, 5.41) is 7.20. The summed E-state index contributed by atoms with van der Waals surface area (Å²) in [6, 6.07) is 5.78. The van der Waals surface area contributed by atoms with Crippen molar-refractivity contribution in [1.82, 2.24) is 9.78 Å². The van der Waals surface area contributed by atoms with E-state index < -0.39 is 0 Å². The average Bonchev–Trinajstić information content (AvgIpc) is 2.75. The van der Waals surface area contributed by atoms with Gasteiger partial charge in [0.25, 0.3) is 5.91 Å². The number of hydrogen-bond acceptors (Lipinski definition) is 2. The van der Waals surface area contributed by atoms with Crippen LogP contribution in [0.4, 0.5) is 5.69 Å². The Balaban J connectivity index is 2.27. The Labute approximate surface area is 133 Å². The molecule has 0 atom stereocenters. The lowest BCUT2D eigenvalue weighted by Gasteiger charge is -2.07. The number of amides is 1. The van der Waals surface area contributed by atoms with Crippen molar-refractivity contribution in [3.63, 3.8) is 0 Å². The molecule has 2 aromatic rings. The molecule has 0 fully saturated rings. The van der Waals surface area contributed by atoms with Gasteiger partial charge in [-0.25, -0.2) is 0 Å². The Morgan fingerprint density at radius 2 is 2.26 bits per heavy atom. The molecule has 1 aromatic carbocycles. The van der Waals surface area contributed by atoms with Gasteiger partial charge in [0.15, 0.2) is 0 Å². The van der Waals surface area contributed by atoms with Crippen LogP contribution in [0, 0.1) is 3.57 Å². The maximum atomic E-state index is 12.3. The number of nitrogens with zero attached hydrogens (tertiary/aromatic N) is 2. The van der Waals surface area contributed by atoms with E-state index in [1.54, 1.807) is 10.9 Å². The summed E-state index contributed by atoms with van der Waals surface area (Å²) < 4.78 is 3.60. The third-order valence-electron chi connectivity index (χ3n) is 2.66. The number of carbonyl (C=O) groups excluding carboxylic acids is 1. The number of benzene rings is 1. The first-order valence-corrected chi connectivity index (χ1v) is 7.67. The van der Waals surface area contributed by atoms with Crippen LogP contribution in [0.1, 0.15) is 23.0 Å². The van der Waals surface area contributed by atoms with Crippen LogP contribution in [0.2, 0.25) is 0 Å². The molecule has 0 aliphatic rings. The minimum Gasteiger partial charge on any atom is -0.321 e. The molecular formula is C13H13BrIN3O. The lowest BCUT2D eigenvalue weighted by atomic mass is 10.2. The number of carbonyl (C=O) groups is 1. The molecule has 6 heteroatoms. The van der Waals surface area contributed by atoms with Crippen molar-refractivity contribution in [3.05, 3.63) is 43.7 Å². The topological polar surface area (TPSA) is 46.9 Å². The molecule has 0 saturated carbocycles. The van der Waals surface area contributed by atoms with Crippen LogP contribution < -0.4 is 5.32 Å². The van der Waals surface area contributed by atoms with Crippen molar-refractivity contribution < 1.29 is 4.79 Å². The molecule has 4 nitrogen and oxygen atoms in total. The summed E-state index contributed by atoms with van der Waals surface area (Å²) >= 11 is 5.60. The molecule has 1 heterocycles. The van der Waals surface area contributed by atoms with E-state index in [0.29, 0.717) is 5.56 Å². The molecular weight excluding hydrogens is 421 g/mol. The van der Waals surface area contributed by atoms with Crippen LogP contribution in [-0.2, 0) is 13.5 Å². The summed E-state index contributed by atoms with van der Waals surface area (Å²) in [4.78, 5) is 12.3. The predicted octanol–water partition coefficient (Wildman–Crippen LogP) is 3.60. The van der Waals surface area contributed by atoms with Gasteiger partial charge in [-0.2, -0.15) is 5.10 Å². The van der Waals surface area contributed by atoms with Crippen LogP contribution >= 0.6 is 38.5 Å². The van der Waals surface area contributed by atoms with E-state index in [1.807, 2.05) is 32.2 Å². The molecule has 0 spiro atoms. The van der Waals surface area contributed by atoms with E-state index in [1.165, 1.54) is 0 Å². The largest absolute Gasteiger partial charge is 0.321 e. The number of halogens is 2. The number of aryl methyl sites for hydroxylation is 2. The number of hydrogen-bond donors (Lipinski definition) is 1. The summed E-state index contributed by atoms with van der Waals surface area (Å²) in [6.07, 6.45) is 2.48. The van der Waals surface area contributed by atoms with E-state index in [4.69, 9.17) is 0 Å². The molecule has 0 radical (unpaired) electrons. The van der Waals surface area contributed by atoms with Crippen LogP contribution in [0.15, 0.2) is 28.9 Å². The number of nitrogens with one attached hydrogen (secondary N) is 1. The van der Waals surface area contributed by atoms with E-state index in [-0.39, 0.29) is 5.91 Å². The Kier molecular flexibility index (Phi) is 4.62. The van der Waals surface area contributed by atoms with E-state index in [2.05, 4.69) is 48.9 Å². The zero-order chi connectivity index (χ0) is 14.0. The van der Waals surface area contributed by atoms with Crippen molar-refractivity contribution in [3.8, 4) is 0 Å². The number of anilines is 1. The Bertz CT molecular complexity index is 624. The van der Waals surface area contributed by atoms with Crippen molar-refractivity contribution in [1.29, 1.82) is 0 Å². The maximum absolute atomic E-state index is 12.3. The fraction of sp³-hybridized carbons (Fsp3) is 0.231. The quantitative estimate of drug-likeness (QED) is 0.751. The summed E-state index contributed by atoms with van der Waals surface area (Å²) in [5.41, 5.74) is 2.23. The second-order valence-corrected chi connectivity index (χ2v) is 6.17. The zero-order valence-corrected chi connectivity index (χ0v) is 14.3. The van der Waals surface area contributed by atoms with Crippen LogP contribution in [0.25, 0.3) is 0 Å². The number of aromatic nitrogens is 2. The maximum Gasteiger partial charge on any atom is 0.259 e. The molecule has 0 unspecified atom stereocenters. The van der Waals surface area contributed by atoms with Crippen molar-refractivity contribution in [2.45, 2.75) is 13.3 Å². The van der Waals surface area contributed by atoms with Gasteiger partial charge in [0.1, 0.15) is 0 Å². The smallest absolute Gasteiger partial charge is 0.259 e. The lowest BCUT2D eigenvalue weighted by molar-refractivity contribution is 0.102. The molecule has 1 aromatic heterocycles. The van der Waals surface area contributed by atoms with Gasteiger partial charge in [-0.15, -0.1) is 0 Å². The van der Waals surface area contributed by atoms with Gasteiger partial charge in [0, 0.05) is 21.3 Å². The minimum atomic E-state index is -0.124. The van der Waals surface area contributed by atoms with Crippen LogP contribution in [-0.4, -0.2) is 15.7 Å². The average molecular weight is 434 g/mol. The molecule has 0 saturated heterocycles. The fourth-order valence-corrected chi connectivity index (χ4v) is 2.60. The van der Waals surface area contributed by atoms with E-state index in [9.17, 15) is 4.79 Å². The van der Waals surface area contributed by atoms with Gasteiger partial charge in [-0.3, -0.25) is 9.48 Å². The molecule has 2 rings (SSSR count). The third kappa shape index (κ3) is 3.36. The van der Waals surface area contributed by atoms with Crippen LogP contribution in [0.5, 0.6) is 0 Å². The highest BCUT2D eigenvalue weighted by Crippen LogP contribution is 2.23. The molecule has 1 N–H and O–H groups in total.